The van der Waals surface area contributed by atoms with Crippen LogP contribution in [0.3, 0.4) is 0 Å². The first-order valence-corrected chi connectivity index (χ1v) is 8.54. The fraction of sp³-hybridized carbons (Fsp3) is 0.105. The van der Waals surface area contributed by atoms with Gasteiger partial charge in [0.2, 0.25) is 0 Å². The van der Waals surface area contributed by atoms with E-state index in [-0.39, 0.29) is 11.6 Å². The number of amides is 1. The Hall–Kier alpha value is -2.73. The fourth-order valence-electron chi connectivity index (χ4n) is 2.38. The van der Waals surface area contributed by atoms with Crippen LogP contribution in [0.2, 0.25) is 0 Å². The highest BCUT2D eigenvalue weighted by Crippen LogP contribution is 2.20. The van der Waals surface area contributed by atoms with Gasteiger partial charge < -0.3 is 10.6 Å². The summed E-state index contributed by atoms with van der Waals surface area (Å²) >= 11 is 3.39. The summed E-state index contributed by atoms with van der Waals surface area (Å²) < 4.78 is 1.00. The number of benzene rings is 2. The average molecular weight is 397 g/mol. The number of carbonyl (C=O) groups excluding carboxylic acids is 1. The van der Waals surface area contributed by atoms with Gasteiger partial charge in [0.1, 0.15) is 11.5 Å². The first-order valence-electron chi connectivity index (χ1n) is 7.75. The summed E-state index contributed by atoms with van der Waals surface area (Å²) in [4.78, 5) is 20.8. The van der Waals surface area contributed by atoms with E-state index in [2.05, 4.69) is 36.5 Å². The van der Waals surface area contributed by atoms with E-state index in [1.54, 1.807) is 6.20 Å². The van der Waals surface area contributed by atoms with E-state index in [1.165, 1.54) is 6.20 Å². The zero-order valence-electron chi connectivity index (χ0n) is 13.9. The summed E-state index contributed by atoms with van der Waals surface area (Å²) in [7, 11) is 0. The van der Waals surface area contributed by atoms with Crippen LogP contribution in [-0.4, -0.2) is 15.9 Å². The Labute approximate surface area is 154 Å². The topological polar surface area (TPSA) is 66.9 Å². The lowest BCUT2D eigenvalue weighted by molar-refractivity contribution is 0.102. The summed E-state index contributed by atoms with van der Waals surface area (Å²) in [5.74, 6) is 0.297. The number of hydrogen-bond acceptors (Lipinski definition) is 4. The smallest absolute Gasteiger partial charge is 0.275 e. The molecule has 0 atom stereocenters. The van der Waals surface area contributed by atoms with Crippen LogP contribution in [0.1, 0.15) is 21.6 Å². The van der Waals surface area contributed by atoms with Crippen LogP contribution in [-0.2, 0) is 0 Å². The van der Waals surface area contributed by atoms with Crippen molar-refractivity contribution in [3.63, 3.8) is 0 Å². The maximum Gasteiger partial charge on any atom is 0.275 e. The number of halogens is 1. The Kier molecular flexibility index (Phi) is 5.09. The standard InChI is InChI=1S/C19H17BrN4O/c1-12-4-3-5-13(2)18(12)24-19(25)16-10-22-17(11-21-16)23-15-8-6-14(20)7-9-15/h3-11H,1-2H3,(H,22,23)(H,24,25). The Morgan fingerprint density at radius 2 is 1.64 bits per heavy atom. The molecule has 0 unspecified atom stereocenters. The lowest BCUT2D eigenvalue weighted by atomic mass is 10.1. The van der Waals surface area contributed by atoms with Crippen molar-refractivity contribution in [2.75, 3.05) is 10.6 Å². The molecule has 2 aromatic carbocycles. The largest absolute Gasteiger partial charge is 0.339 e. The van der Waals surface area contributed by atoms with Gasteiger partial charge in [0.25, 0.3) is 5.91 Å². The molecule has 0 bridgehead atoms. The zero-order chi connectivity index (χ0) is 17.8. The molecule has 0 saturated carbocycles. The van der Waals surface area contributed by atoms with Crippen molar-refractivity contribution in [1.29, 1.82) is 0 Å². The van der Waals surface area contributed by atoms with Crippen LogP contribution in [0, 0.1) is 13.8 Å². The molecule has 0 aliphatic heterocycles. The van der Waals surface area contributed by atoms with Gasteiger partial charge in [-0.2, -0.15) is 0 Å². The SMILES string of the molecule is Cc1cccc(C)c1NC(=O)c1cnc(Nc2ccc(Br)cc2)cn1. The van der Waals surface area contributed by atoms with E-state index in [1.807, 2.05) is 56.3 Å². The summed E-state index contributed by atoms with van der Waals surface area (Å²) in [5, 5.41) is 6.04. The molecule has 126 valence electrons. The predicted molar refractivity (Wildman–Crippen MR) is 103 cm³/mol. The monoisotopic (exact) mass is 396 g/mol. The van der Waals surface area contributed by atoms with E-state index in [0.717, 1.165) is 27.0 Å². The van der Waals surface area contributed by atoms with Gasteiger partial charge in [-0.1, -0.05) is 34.1 Å². The summed E-state index contributed by atoms with van der Waals surface area (Å²) in [6.45, 7) is 3.92. The molecule has 0 aliphatic carbocycles. The second kappa shape index (κ2) is 7.44. The van der Waals surface area contributed by atoms with Gasteiger partial charge in [-0.3, -0.25) is 4.79 Å². The van der Waals surface area contributed by atoms with Gasteiger partial charge in [-0.05, 0) is 49.2 Å². The van der Waals surface area contributed by atoms with Crippen LogP contribution >= 0.6 is 15.9 Å². The second-order valence-electron chi connectivity index (χ2n) is 5.64. The quantitative estimate of drug-likeness (QED) is 0.661. The van der Waals surface area contributed by atoms with Gasteiger partial charge in [-0.15, -0.1) is 0 Å². The van der Waals surface area contributed by atoms with Crippen molar-refractivity contribution in [2.45, 2.75) is 13.8 Å². The third kappa shape index (κ3) is 4.22. The maximum absolute atomic E-state index is 12.4. The maximum atomic E-state index is 12.4. The molecule has 0 saturated heterocycles. The highest BCUT2D eigenvalue weighted by atomic mass is 79.9. The number of rotatable bonds is 4. The molecule has 2 N–H and O–H groups in total. The van der Waals surface area contributed by atoms with Crippen LogP contribution in [0.15, 0.2) is 59.3 Å². The van der Waals surface area contributed by atoms with Crippen molar-refractivity contribution < 1.29 is 4.79 Å². The van der Waals surface area contributed by atoms with Crippen molar-refractivity contribution >= 4 is 39.0 Å². The zero-order valence-corrected chi connectivity index (χ0v) is 15.5. The van der Waals surface area contributed by atoms with Crippen molar-refractivity contribution in [2.24, 2.45) is 0 Å². The Balaban J connectivity index is 1.71. The van der Waals surface area contributed by atoms with Crippen LogP contribution < -0.4 is 10.6 Å². The van der Waals surface area contributed by atoms with Crippen LogP contribution in [0.5, 0.6) is 0 Å². The molecule has 0 radical (unpaired) electrons. The molecule has 3 rings (SSSR count). The Bertz CT molecular complexity index is 872. The van der Waals surface area contributed by atoms with E-state index >= 15 is 0 Å². The first-order chi connectivity index (χ1) is 12.0. The van der Waals surface area contributed by atoms with Gasteiger partial charge in [0.15, 0.2) is 0 Å². The van der Waals surface area contributed by atoms with Crippen LogP contribution in [0.25, 0.3) is 0 Å². The molecular formula is C19H17BrN4O. The van der Waals surface area contributed by atoms with Crippen molar-refractivity contribution in [3.05, 3.63) is 76.2 Å². The number of aryl methyl sites for hydroxylation is 2. The van der Waals surface area contributed by atoms with E-state index in [4.69, 9.17) is 0 Å². The summed E-state index contributed by atoms with van der Waals surface area (Å²) in [6.07, 6.45) is 3.01. The number of nitrogens with one attached hydrogen (secondary N) is 2. The number of hydrogen-bond donors (Lipinski definition) is 2. The first kappa shape index (κ1) is 17.1. The lowest BCUT2D eigenvalue weighted by Crippen LogP contribution is -2.15. The van der Waals surface area contributed by atoms with Crippen molar-refractivity contribution in [1.82, 2.24) is 9.97 Å². The number of anilines is 3. The molecule has 1 aromatic heterocycles. The third-order valence-corrected chi connectivity index (χ3v) is 4.25. The van der Waals surface area contributed by atoms with E-state index in [0.29, 0.717) is 5.82 Å². The highest BCUT2D eigenvalue weighted by Gasteiger charge is 2.11. The van der Waals surface area contributed by atoms with Crippen molar-refractivity contribution in [3.8, 4) is 0 Å². The Morgan fingerprint density at radius 3 is 2.24 bits per heavy atom. The molecule has 5 nitrogen and oxygen atoms in total. The van der Waals surface area contributed by atoms with Gasteiger partial charge in [-0.25, -0.2) is 9.97 Å². The fourth-order valence-corrected chi connectivity index (χ4v) is 2.64. The number of nitrogens with zero attached hydrogens (tertiary/aromatic N) is 2. The highest BCUT2D eigenvalue weighted by molar-refractivity contribution is 9.10. The normalized spacial score (nSPS) is 10.4. The number of aromatic nitrogens is 2. The van der Waals surface area contributed by atoms with Gasteiger partial charge in [0.05, 0.1) is 12.4 Å². The molecule has 3 aromatic rings. The van der Waals surface area contributed by atoms with E-state index < -0.39 is 0 Å². The lowest BCUT2D eigenvalue weighted by Gasteiger charge is -2.11. The summed E-state index contributed by atoms with van der Waals surface area (Å²) in [6, 6.07) is 13.6. The molecule has 1 amide bonds. The number of carbonyl (C=O) groups is 1. The minimum Gasteiger partial charge on any atom is -0.339 e. The molecule has 0 spiro atoms. The molecule has 6 heteroatoms. The molecular weight excluding hydrogens is 380 g/mol. The molecule has 25 heavy (non-hydrogen) atoms. The Morgan fingerprint density at radius 1 is 0.960 bits per heavy atom. The second-order valence-corrected chi connectivity index (χ2v) is 6.56. The van der Waals surface area contributed by atoms with Gasteiger partial charge in [0, 0.05) is 15.8 Å². The summed E-state index contributed by atoms with van der Waals surface area (Å²) in [5.41, 5.74) is 3.99. The van der Waals surface area contributed by atoms with Gasteiger partial charge >= 0.3 is 0 Å². The minimum absolute atomic E-state index is 0.268. The molecule has 0 aliphatic rings. The van der Waals surface area contributed by atoms with E-state index in [9.17, 15) is 4.79 Å². The molecule has 1 heterocycles. The minimum atomic E-state index is -0.278. The molecule has 0 fully saturated rings. The average Bonchev–Trinajstić information content (AvgIpc) is 2.61. The number of para-hydroxylation sites is 1. The third-order valence-electron chi connectivity index (χ3n) is 3.72. The predicted octanol–water partition coefficient (Wildman–Crippen LogP) is 4.85. The van der Waals surface area contributed by atoms with Crippen LogP contribution in [0.4, 0.5) is 17.2 Å².